The van der Waals surface area contributed by atoms with Crippen LogP contribution in [0.4, 0.5) is 0 Å². The highest BCUT2D eigenvalue weighted by Crippen LogP contribution is 2.27. The zero-order valence-electron chi connectivity index (χ0n) is 15.0. The van der Waals surface area contributed by atoms with E-state index >= 15 is 0 Å². The maximum absolute atomic E-state index is 12.2. The standard InChI is InChI=1S/C18H27N3O2S2/c1-20(14-17-9-6-10-24-17)13-16-11-19-18(25(2,22)23)21(16)12-15-7-4-3-5-8-15/h6,9-11,15H,3-5,7-8,12-14H2,1-2H3. The van der Waals surface area contributed by atoms with Crippen molar-refractivity contribution in [2.24, 2.45) is 5.92 Å². The lowest BCUT2D eigenvalue weighted by Gasteiger charge is -2.24. The van der Waals surface area contributed by atoms with E-state index in [9.17, 15) is 8.42 Å². The summed E-state index contributed by atoms with van der Waals surface area (Å²) in [4.78, 5) is 7.78. The first kappa shape index (κ1) is 18.6. The van der Waals surface area contributed by atoms with Gasteiger partial charge in [-0.25, -0.2) is 13.4 Å². The zero-order valence-corrected chi connectivity index (χ0v) is 16.7. The van der Waals surface area contributed by atoms with E-state index in [4.69, 9.17) is 0 Å². The Hall–Kier alpha value is -1.18. The Morgan fingerprint density at radius 3 is 2.68 bits per heavy atom. The molecule has 0 spiro atoms. The summed E-state index contributed by atoms with van der Waals surface area (Å²) in [7, 11) is -1.25. The van der Waals surface area contributed by atoms with Gasteiger partial charge in [0.15, 0.2) is 0 Å². The molecule has 1 aliphatic carbocycles. The van der Waals surface area contributed by atoms with Crippen molar-refractivity contribution < 1.29 is 8.42 Å². The maximum atomic E-state index is 12.2. The van der Waals surface area contributed by atoms with Crippen LogP contribution in [0.2, 0.25) is 0 Å². The number of rotatable bonds is 7. The van der Waals surface area contributed by atoms with Crippen LogP contribution in [0.15, 0.2) is 28.9 Å². The molecule has 0 aliphatic heterocycles. The van der Waals surface area contributed by atoms with Crippen LogP contribution in [-0.4, -0.2) is 36.2 Å². The molecule has 2 heterocycles. The summed E-state index contributed by atoms with van der Waals surface area (Å²) in [6, 6.07) is 4.19. The smallest absolute Gasteiger partial charge is 0.227 e. The molecule has 1 saturated carbocycles. The SMILES string of the molecule is CN(Cc1cccs1)Cc1cnc(S(C)(=O)=O)n1CC1CCCCC1. The number of sulfone groups is 1. The van der Waals surface area contributed by atoms with E-state index in [0.717, 1.165) is 18.8 Å². The van der Waals surface area contributed by atoms with Gasteiger partial charge in [0.1, 0.15) is 0 Å². The van der Waals surface area contributed by atoms with E-state index in [1.165, 1.54) is 43.2 Å². The van der Waals surface area contributed by atoms with E-state index < -0.39 is 9.84 Å². The van der Waals surface area contributed by atoms with Gasteiger partial charge in [0, 0.05) is 30.8 Å². The lowest BCUT2D eigenvalue weighted by Crippen LogP contribution is -2.23. The van der Waals surface area contributed by atoms with Gasteiger partial charge in [-0.3, -0.25) is 4.90 Å². The Labute approximate surface area is 154 Å². The largest absolute Gasteiger partial charge is 0.317 e. The Kier molecular flexibility index (Phi) is 5.96. The van der Waals surface area contributed by atoms with Crippen molar-refractivity contribution in [2.45, 2.75) is 56.9 Å². The fourth-order valence-electron chi connectivity index (χ4n) is 3.64. The molecule has 1 fully saturated rings. The molecule has 138 valence electrons. The third kappa shape index (κ3) is 4.92. The van der Waals surface area contributed by atoms with Gasteiger partial charge in [0.05, 0.1) is 11.9 Å². The minimum absolute atomic E-state index is 0.220. The molecule has 0 bridgehead atoms. The Bertz CT molecular complexity index is 775. The van der Waals surface area contributed by atoms with E-state index in [1.54, 1.807) is 17.5 Å². The average molecular weight is 382 g/mol. The summed E-state index contributed by atoms with van der Waals surface area (Å²) in [5.41, 5.74) is 0.991. The van der Waals surface area contributed by atoms with E-state index in [0.29, 0.717) is 12.5 Å². The lowest BCUT2D eigenvalue weighted by atomic mass is 9.89. The van der Waals surface area contributed by atoms with Gasteiger partial charge in [-0.2, -0.15) is 0 Å². The number of aromatic nitrogens is 2. The molecule has 2 aromatic rings. The highest BCUT2D eigenvalue weighted by atomic mass is 32.2. The second-order valence-corrected chi connectivity index (χ2v) is 10.1. The van der Waals surface area contributed by atoms with Gasteiger partial charge >= 0.3 is 0 Å². The van der Waals surface area contributed by atoms with Crippen molar-refractivity contribution in [1.82, 2.24) is 14.5 Å². The topological polar surface area (TPSA) is 55.2 Å². The molecule has 25 heavy (non-hydrogen) atoms. The van der Waals surface area contributed by atoms with Crippen LogP contribution >= 0.6 is 11.3 Å². The highest BCUT2D eigenvalue weighted by molar-refractivity contribution is 7.90. The minimum Gasteiger partial charge on any atom is -0.317 e. The van der Waals surface area contributed by atoms with E-state index in [2.05, 4.69) is 34.4 Å². The second-order valence-electron chi connectivity index (χ2n) is 7.17. The number of thiophene rings is 1. The van der Waals surface area contributed by atoms with Crippen LogP contribution in [0, 0.1) is 5.92 Å². The molecule has 0 aromatic carbocycles. The van der Waals surface area contributed by atoms with Gasteiger partial charge in [0.2, 0.25) is 15.0 Å². The molecule has 0 N–H and O–H groups in total. The first-order valence-corrected chi connectivity index (χ1v) is 11.7. The van der Waals surface area contributed by atoms with Crippen LogP contribution in [0.1, 0.15) is 42.7 Å². The Balaban J connectivity index is 1.78. The summed E-state index contributed by atoms with van der Waals surface area (Å²) < 4.78 is 26.3. The van der Waals surface area contributed by atoms with Gasteiger partial charge in [0.25, 0.3) is 0 Å². The van der Waals surface area contributed by atoms with Crippen molar-refractivity contribution in [3.05, 3.63) is 34.3 Å². The summed E-state index contributed by atoms with van der Waals surface area (Å²) in [5, 5.41) is 2.30. The molecule has 7 heteroatoms. The average Bonchev–Trinajstić information content (AvgIpc) is 3.18. The monoisotopic (exact) mass is 381 g/mol. The predicted molar refractivity (Wildman–Crippen MR) is 101 cm³/mol. The van der Waals surface area contributed by atoms with Gasteiger partial charge in [-0.05, 0) is 37.3 Å². The molecular weight excluding hydrogens is 354 g/mol. The number of hydrogen-bond acceptors (Lipinski definition) is 5. The molecule has 2 aromatic heterocycles. The van der Waals surface area contributed by atoms with Crippen molar-refractivity contribution >= 4 is 21.2 Å². The van der Waals surface area contributed by atoms with Crippen molar-refractivity contribution in [3.63, 3.8) is 0 Å². The minimum atomic E-state index is -3.31. The molecular formula is C18H27N3O2S2. The Morgan fingerprint density at radius 1 is 1.28 bits per heavy atom. The fourth-order valence-corrected chi connectivity index (χ4v) is 5.26. The molecule has 0 unspecified atom stereocenters. The van der Waals surface area contributed by atoms with Gasteiger partial charge in [-0.1, -0.05) is 25.3 Å². The lowest BCUT2D eigenvalue weighted by molar-refractivity contribution is 0.283. The summed E-state index contributed by atoms with van der Waals surface area (Å²) in [5.74, 6) is 0.560. The Morgan fingerprint density at radius 2 is 2.04 bits per heavy atom. The van der Waals surface area contributed by atoms with Crippen LogP contribution < -0.4 is 0 Å². The molecule has 3 rings (SSSR count). The van der Waals surface area contributed by atoms with Crippen LogP contribution in [0.5, 0.6) is 0 Å². The summed E-state index contributed by atoms with van der Waals surface area (Å²) in [6.07, 6.45) is 9.17. The van der Waals surface area contributed by atoms with E-state index in [1.807, 2.05) is 4.57 Å². The van der Waals surface area contributed by atoms with Crippen molar-refractivity contribution in [3.8, 4) is 0 Å². The maximum Gasteiger partial charge on any atom is 0.227 e. The molecule has 0 amide bonds. The highest BCUT2D eigenvalue weighted by Gasteiger charge is 2.23. The van der Waals surface area contributed by atoms with Crippen molar-refractivity contribution in [2.75, 3.05) is 13.3 Å². The molecule has 0 radical (unpaired) electrons. The van der Waals surface area contributed by atoms with Crippen LogP contribution in [-0.2, 0) is 29.5 Å². The quantitative estimate of drug-likeness (QED) is 0.736. The van der Waals surface area contributed by atoms with Gasteiger partial charge < -0.3 is 4.57 Å². The predicted octanol–water partition coefficient (Wildman–Crippen LogP) is 3.56. The van der Waals surface area contributed by atoms with Crippen LogP contribution in [0.25, 0.3) is 0 Å². The third-order valence-electron chi connectivity index (χ3n) is 4.84. The van der Waals surface area contributed by atoms with E-state index in [-0.39, 0.29) is 5.16 Å². The first-order valence-electron chi connectivity index (χ1n) is 8.89. The first-order chi connectivity index (χ1) is 11.9. The summed E-state index contributed by atoms with van der Waals surface area (Å²) in [6.45, 7) is 2.33. The zero-order chi connectivity index (χ0) is 17.9. The summed E-state index contributed by atoms with van der Waals surface area (Å²) >= 11 is 1.74. The van der Waals surface area contributed by atoms with Crippen LogP contribution in [0.3, 0.4) is 0 Å². The molecule has 1 aliphatic rings. The second kappa shape index (κ2) is 8.01. The third-order valence-corrected chi connectivity index (χ3v) is 6.69. The number of imidazole rings is 1. The number of nitrogens with zero attached hydrogens (tertiary/aromatic N) is 3. The normalized spacial score (nSPS) is 16.6. The molecule has 5 nitrogen and oxygen atoms in total. The van der Waals surface area contributed by atoms with Crippen molar-refractivity contribution in [1.29, 1.82) is 0 Å². The molecule has 0 saturated heterocycles. The van der Waals surface area contributed by atoms with Gasteiger partial charge in [-0.15, -0.1) is 11.3 Å². The fraction of sp³-hybridized carbons (Fsp3) is 0.611. The molecule has 0 atom stereocenters. The number of hydrogen-bond donors (Lipinski definition) is 0.